The smallest absolute Gasteiger partial charge is 0.137 e. The predicted molar refractivity (Wildman–Crippen MR) is 113 cm³/mol. The van der Waals surface area contributed by atoms with Gasteiger partial charge >= 0.3 is 0 Å². The van der Waals surface area contributed by atoms with Crippen LogP contribution in [0.15, 0.2) is 67.3 Å². The van der Waals surface area contributed by atoms with Gasteiger partial charge in [0, 0.05) is 43.7 Å². The minimum absolute atomic E-state index is 0.859. The maximum atomic E-state index is 5.28. The maximum absolute atomic E-state index is 5.28. The third kappa shape index (κ3) is 3.67. The highest BCUT2D eigenvalue weighted by Crippen LogP contribution is 2.31. The molecule has 0 unspecified atom stereocenters. The van der Waals surface area contributed by atoms with Crippen molar-refractivity contribution in [1.82, 2.24) is 9.88 Å². The topological polar surface area (TPSA) is 28.6 Å². The van der Waals surface area contributed by atoms with E-state index in [0.717, 1.165) is 55.5 Å². The minimum Gasteiger partial charge on any atom is -0.497 e. The zero-order valence-corrected chi connectivity index (χ0v) is 15.8. The number of piperazine rings is 1. The molecule has 0 aliphatic carbocycles. The van der Waals surface area contributed by atoms with E-state index >= 15 is 0 Å². The predicted octanol–water partition coefficient (Wildman–Crippen LogP) is 4.22. The van der Waals surface area contributed by atoms with Crippen LogP contribution in [-0.2, 0) is 0 Å². The molecule has 4 nitrogen and oxygen atoms in total. The Morgan fingerprint density at radius 3 is 2.48 bits per heavy atom. The number of hydrogen-bond donors (Lipinski definition) is 0. The number of anilines is 1. The molecule has 0 spiro atoms. The number of pyridine rings is 1. The third-order valence-corrected chi connectivity index (χ3v) is 5.17. The molecule has 1 aromatic heterocycles. The van der Waals surface area contributed by atoms with Gasteiger partial charge in [-0.25, -0.2) is 4.98 Å². The molecule has 0 saturated carbocycles. The minimum atomic E-state index is 0.859. The zero-order chi connectivity index (χ0) is 18.6. The summed E-state index contributed by atoms with van der Waals surface area (Å²) in [4.78, 5) is 9.91. The van der Waals surface area contributed by atoms with Crippen molar-refractivity contribution in [3.05, 3.63) is 67.3 Å². The normalized spacial score (nSPS) is 15.1. The van der Waals surface area contributed by atoms with Crippen molar-refractivity contribution in [2.75, 3.05) is 44.7 Å². The number of benzene rings is 2. The van der Waals surface area contributed by atoms with Crippen molar-refractivity contribution in [3.63, 3.8) is 0 Å². The van der Waals surface area contributed by atoms with Crippen molar-refractivity contribution in [2.24, 2.45) is 0 Å². The van der Waals surface area contributed by atoms with E-state index in [1.807, 2.05) is 18.2 Å². The first-order valence-electron chi connectivity index (χ1n) is 9.41. The number of ether oxygens (including phenoxy) is 1. The number of rotatable bonds is 5. The Hall–Kier alpha value is -2.85. The van der Waals surface area contributed by atoms with Crippen LogP contribution in [0.5, 0.6) is 5.75 Å². The first kappa shape index (κ1) is 17.6. The summed E-state index contributed by atoms with van der Waals surface area (Å²) in [6, 6.07) is 18.8. The van der Waals surface area contributed by atoms with E-state index in [0.29, 0.717) is 0 Å². The van der Waals surface area contributed by atoms with Crippen LogP contribution in [0.4, 0.5) is 5.82 Å². The van der Waals surface area contributed by atoms with Crippen LogP contribution in [0.1, 0.15) is 0 Å². The quantitative estimate of drug-likeness (QED) is 0.638. The summed E-state index contributed by atoms with van der Waals surface area (Å²) >= 11 is 0. The fourth-order valence-electron chi connectivity index (χ4n) is 3.66. The first-order valence-corrected chi connectivity index (χ1v) is 9.41. The lowest BCUT2D eigenvalue weighted by Crippen LogP contribution is -2.46. The fourth-order valence-corrected chi connectivity index (χ4v) is 3.66. The molecule has 4 heteroatoms. The molecule has 3 aromatic rings. The van der Waals surface area contributed by atoms with Crippen LogP contribution in [0.2, 0.25) is 0 Å². The highest BCUT2D eigenvalue weighted by Gasteiger charge is 2.20. The van der Waals surface area contributed by atoms with Gasteiger partial charge in [0.15, 0.2) is 0 Å². The summed E-state index contributed by atoms with van der Waals surface area (Å²) < 4.78 is 5.28. The SMILES string of the molecule is C=CCN1CCN(c2nc(-c3ccc(OC)cc3)cc3ccccc23)CC1. The van der Waals surface area contributed by atoms with E-state index in [1.54, 1.807) is 7.11 Å². The van der Waals surface area contributed by atoms with E-state index < -0.39 is 0 Å². The van der Waals surface area contributed by atoms with Crippen molar-refractivity contribution in [3.8, 4) is 17.0 Å². The lowest BCUT2D eigenvalue weighted by atomic mass is 10.1. The van der Waals surface area contributed by atoms with Crippen molar-refractivity contribution >= 4 is 16.6 Å². The van der Waals surface area contributed by atoms with Gasteiger partial charge in [-0.05, 0) is 35.7 Å². The van der Waals surface area contributed by atoms with Crippen molar-refractivity contribution in [1.29, 1.82) is 0 Å². The Morgan fingerprint density at radius 1 is 1.04 bits per heavy atom. The molecule has 0 atom stereocenters. The number of aromatic nitrogens is 1. The van der Waals surface area contributed by atoms with Crippen LogP contribution in [-0.4, -0.2) is 49.7 Å². The van der Waals surface area contributed by atoms with Crippen LogP contribution >= 0.6 is 0 Å². The van der Waals surface area contributed by atoms with Crippen LogP contribution < -0.4 is 9.64 Å². The largest absolute Gasteiger partial charge is 0.497 e. The number of nitrogens with zero attached hydrogens (tertiary/aromatic N) is 3. The number of hydrogen-bond acceptors (Lipinski definition) is 4. The van der Waals surface area contributed by atoms with E-state index in [-0.39, 0.29) is 0 Å². The number of methoxy groups -OCH3 is 1. The first-order chi connectivity index (χ1) is 13.3. The molecule has 4 rings (SSSR count). The van der Waals surface area contributed by atoms with Gasteiger partial charge in [0.25, 0.3) is 0 Å². The summed E-state index contributed by atoms with van der Waals surface area (Å²) in [6.07, 6.45) is 1.98. The molecule has 27 heavy (non-hydrogen) atoms. The molecule has 2 aromatic carbocycles. The lowest BCUT2D eigenvalue weighted by molar-refractivity contribution is 0.284. The molecule has 0 N–H and O–H groups in total. The van der Waals surface area contributed by atoms with Gasteiger partial charge in [-0.15, -0.1) is 6.58 Å². The second kappa shape index (κ2) is 7.80. The molecule has 1 aliphatic rings. The Balaban J connectivity index is 1.71. The van der Waals surface area contributed by atoms with Crippen LogP contribution in [0.25, 0.3) is 22.0 Å². The standard InChI is InChI=1S/C23H25N3O/c1-3-12-25-13-15-26(16-14-25)23-21-7-5-4-6-19(21)17-22(24-23)18-8-10-20(27-2)11-9-18/h3-11,17H,1,12-16H2,2H3. The van der Waals surface area contributed by atoms with E-state index in [9.17, 15) is 0 Å². The molecule has 1 aliphatic heterocycles. The maximum Gasteiger partial charge on any atom is 0.137 e. The molecule has 138 valence electrons. The third-order valence-electron chi connectivity index (χ3n) is 5.17. The second-order valence-electron chi connectivity index (χ2n) is 6.86. The summed E-state index contributed by atoms with van der Waals surface area (Å²) in [5.41, 5.74) is 2.10. The zero-order valence-electron chi connectivity index (χ0n) is 15.8. The van der Waals surface area contributed by atoms with Crippen molar-refractivity contribution < 1.29 is 4.74 Å². The molecule has 0 radical (unpaired) electrons. The van der Waals surface area contributed by atoms with E-state index in [2.05, 4.69) is 58.8 Å². The molecule has 0 amide bonds. The van der Waals surface area contributed by atoms with E-state index in [1.165, 1.54) is 10.8 Å². The monoisotopic (exact) mass is 359 g/mol. The Labute approximate surface area is 160 Å². The molecule has 2 heterocycles. The van der Waals surface area contributed by atoms with Crippen molar-refractivity contribution in [2.45, 2.75) is 0 Å². The van der Waals surface area contributed by atoms with Gasteiger partial charge in [-0.3, -0.25) is 4.90 Å². The molecule has 0 bridgehead atoms. The molecule has 1 fully saturated rings. The summed E-state index contributed by atoms with van der Waals surface area (Å²) in [7, 11) is 1.69. The highest BCUT2D eigenvalue weighted by atomic mass is 16.5. The molecule has 1 saturated heterocycles. The summed E-state index contributed by atoms with van der Waals surface area (Å²) in [6.45, 7) is 8.85. The molecular formula is C23H25N3O. The van der Waals surface area contributed by atoms with Gasteiger partial charge in [0.2, 0.25) is 0 Å². The van der Waals surface area contributed by atoms with Gasteiger partial charge < -0.3 is 9.64 Å². The second-order valence-corrected chi connectivity index (χ2v) is 6.86. The van der Waals surface area contributed by atoms with Gasteiger partial charge in [-0.2, -0.15) is 0 Å². The average Bonchev–Trinajstić information content (AvgIpc) is 2.74. The Kier molecular flexibility index (Phi) is 5.07. The average molecular weight is 359 g/mol. The van der Waals surface area contributed by atoms with Gasteiger partial charge in [-0.1, -0.05) is 30.3 Å². The Morgan fingerprint density at radius 2 is 1.78 bits per heavy atom. The lowest BCUT2D eigenvalue weighted by Gasteiger charge is -2.35. The highest BCUT2D eigenvalue weighted by molar-refractivity contribution is 5.95. The summed E-state index contributed by atoms with van der Waals surface area (Å²) in [5, 5.41) is 2.44. The van der Waals surface area contributed by atoms with Crippen LogP contribution in [0, 0.1) is 0 Å². The van der Waals surface area contributed by atoms with Gasteiger partial charge in [0.1, 0.15) is 11.6 Å². The fraction of sp³-hybridized carbons (Fsp3) is 0.261. The van der Waals surface area contributed by atoms with Gasteiger partial charge in [0.05, 0.1) is 12.8 Å². The number of fused-ring (bicyclic) bond motifs is 1. The molecular weight excluding hydrogens is 334 g/mol. The summed E-state index contributed by atoms with van der Waals surface area (Å²) in [5.74, 6) is 1.94. The Bertz CT molecular complexity index is 928. The van der Waals surface area contributed by atoms with Crippen LogP contribution in [0.3, 0.4) is 0 Å². The van der Waals surface area contributed by atoms with E-state index in [4.69, 9.17) is 9.72 Å².